The Hall–Kier alpha value is -3.22. The van der Waals surface area contributed by atoms with Crippen molar-refractivity contribution < 1.29 is 18.7 Å². The van der Waals surface area contributed by atoms with Gasteiger partial charge in [-0.25, -0.2) is 0 Å². The van der Waals surface area contributed by atoms with Gasteiger partial charge in [0.25, 0.3) is 0 Å². The lowest BCUT2D eigenvalue weighted by molar-refractivity contribution is 0.324. The molecule has 4 rings (SSSR count). The zero-order valence-electron chi connectivity index (χ0n) is 16.3. The minimum atomic E-state index is 0.486. The summed E-state index contributed by atoms with van der Waals surface area (Å²) >= 11 is 0. The van der Waals surface area contributed by atoms with E-state index < -0.39 is 0 Å². The van der Waals surface area contributed by atoms with Crippen molar-refractivity contribution in [2.75, 3.05) is 32.8 Å². The molecular formula is C21H23N3O4. The van der Waals surface area contributed by atoms with Crippen molar-refractivity contribution in [2.24, 2.45) is 0 Å². The van der Waals surface area contributed by atoms with Gasteiger partial charge in [0.05, 0.1) is 27.9 Å². The standard InChI is InChI=1S/C21H23N3O4/c1-25-17-11-15(12-18(26-2)20(17)27-3)21-22-19(28-23-21)13-24-10-6-8-14-7-4-5-9-16(14)24/h4-5,7,9,11-12H,6,8,10,13H2,1-3H3. The van der Waals surface area contributed by atoms with E-state index in [2.05, 4.69) is 39.3 Å². The van der Waals surface area contributed by atoms with E-state index in [4.69, 9.17) is 18.7 Å². The molecule has 0 unspecified atom stereocenters. The Morgan fingerprint density at radius 3 is 2.50 bits per heavy atom. The number of fused-ring (bicyclic) bond motifs is 1. The van der Waals surface area contributed by atoms with Crippen LogP contribution in [0.25, 0.3) is 11.4 Å². The number of para-hydroxylation sites is 1. The van der Waals surface area contributed by atoms with Crippen LogP contribution in [0.15, 0.2) is 40.9 Å². The van der Waals surface area contributed by atoms with E-state index in [9.17, 15) is 0 Å². The number of ether oxygens (including phenoxy) is 3. The molecule has 0 saturated heterocycles. The van der Waals surface area contributed by atoms with E-state index in [0.717, 1.165) is 24.9 Å². The molecule has 0 bridgehead atoms. The molecule has 1 aliphatic rings. The van der Waals surface area contributed by atoms with Crippen LogP contribution in [0.5, 0.6) is 17.2 Å². The summed E-state index contributed by atoms with van der Waals surface area (Å²) < 4.78 is 21.7. The lowest BCUT2D eigenvalue weighted by Crippen LogP contribution is -2.28. The summed E-state index contributed by atoms with van der Waals surface area (Å²) in [7, 11) is 4.73. The van der Waals surface area contributed by atoms with E-state index >= 15 is 0 Å². The van der Waals surface area contributed by atoms with E-state index in [-0.39, 0.29) is 0 Å². The quantitative estimate of drug-likeness (QED) is 0.644. The van der Waals surface area contributed by atoms with Gasteiger partial charge in [-0.05, 0) is 36.6 Å². The predicted octanol–water partition coefficient (Wildman–Crippen LogP) is 3.72. The molecule has 146 valence electrons. The SMILES string of the molecule is COc1cc(-c2noc(CN3CCCc4ccccc43)n2)cc(OC)c1OC. The van der Waals surface area contributed by atoms with Gasteiger partial charge in [0, 0.05) is 17.8 Å². The summed E-state index contributed by atoms with van der Waals surface area (Å²) in [4.78, 5) is 6.87. The van der Waals surface area contributed by atoms with Crippen LogP contribution in [0.2, 0.25) is 0 Å². The first-order chi connectivity index (χ1) is 13.7. The van der Waals surface area contributed by atoms with Gasteiger partial charge in [0.1, 0.15) is 0 Å². The van der Waals surface area contributed by atoms with Gasteiger partial charge in [-0.2, -0.15) is 4.98 Å². The number of benzene rings is 2. The second-order valence-corrected chi connectivity index (χ2v) is 6.58. The van der Waals surface area contributed by atoms with Crippen molar-refractivity contribution in [2.45, 2.75) is 19.4 Å². The van der Waals surface area contributed by atoms with E-state index in [0.29, 0.717) is 35.5 Å². The van der Waals surface area contributed by atoms with Crippen LogP contribution in [0.1, 0.15) is 17.9 Å². The number of hydrogen-bond donors (Lipinski definition) is 0. The number of nitrogens with zero attached hydrogens (tertiary/aromatic N) is 3. The number of methoxy groups -OCH3 is 3. The van der Waals surface area contributed by atoms with Crippen LogP contribution in [0.3, 0.4) is 0 Å². The first-order valence-electron chi connectivity index (χ1n) is 9.19. The van der Waals surface area contributed by atoms with Gasteiger partial charge in [0.2, 0.25) is 17.5 Å². The van der Waals surface area contributed by atoms with Gasteiger partial charge in [0.15, 0.2) is 11.5 Å². The molecule has 0 aliphatic carbocycles. The average Bonchev–Trinajstić information content (AvgIpc) is 3.21. The molecule has 7 heteroatoms. The van der Waals surface area contributed by atoms with Crippen molar-refractivity contribution in [3.63, 3.8) is 0 Å². The fourth-order valence-corrected chi connectivity index (χ4v) is 3.59. The first kappa shape index (κ1) is 18.2. The van der Waals surface area contributed by atoms with Crippen LogP contribution in [0, 0.1) is 0 Å². The molecule has 2 aromatic carbocycles. The summed E-state index contributed by atoms with van der Waals surface area (Å²) in [6.07, 6.45) is 2.22. The maximum absolute atomic E-state index is 5.52. The lowest BCUT2D eigenvalue weighted by atomic mass is 10.0. The highest BCUT2D eigenvalue weighted by Gasteiger charge is 2.21. The third-order valence-corrected chi connectivity index (χ3v) is 4.92. The summed E-state index contributed by atoms with van der Waals surface area (Å²) in [5.74, 6) is 2.68. The fourth-order valence-electron chi connectivity index (χ4n) is 3.59. The predicted molar refractivity (Wildman–Crippen MR) is 105 cm³/mol. The van der Waals surface area contributed by atoms with E-state index in [1.54, 1.807) is 21.3 Å². The molecule has 2 heterocycles. The molecule has 0 radical (unpaired) electrons. The maximum Gasteiger partial charge on any atom is 0.246 e. The van der Waals surface area contributed by atoms with Gasteiger partial charge < -0.3 is 23.6 Å². The molecule has 28 heavy (non-hydrogen) atoms. The molecule has 0 saturated carbocycles. The van der Waals surface area contributed by atoms with Crippen LogP contribution in [-0.4, -0.2) is 38.0 Å². The third-order valence-electron chi connectivity index (χ3n) is 4.92. The minimum Gasteiger partial charge on any atom is -0.493 e. The van der Waals surface area contributed by atoms with Gasteiger partial charge in [-0.1, -0.05) is 23.4 Å². The number of rotatable bonds is 6. The van der Waals surface area contributed by atoms with Crippen LogP contribution < -0.4 is 19.1 Å². The number of aryl methyl sites for hydroxylation is 1. The zero-order valence-corrected chi connectivity index (χ0v) is 16.3. The van der Waals surface area contributed by atoms with E-state index in [1.807, 2.05) is 12.1 Å². The monoisotopic (exact) mass is 381 g/mol. The maximum atomic E-state index is 5.52. The highest BCUT2D eigenvalue weighted by molar-refractivity contribution is 5.66. The molecule has 0 N–H and O–H groups in total. The fraction of sp³-hybridized carbons (Fsp3) is 0.333. The van der Waals surface area contributed by atoms with Crippen molar-refractivity contribution in [1.82, 2.24) is 10.1 Å². The molecule has 0 fully saturated rings. The lowest BCUT2D eigenvalue weighted by Gasteiger charge is -2.29. The third kappa shape index (κ3) is 3.35. The molecule has 0 spiro atoms. The summed E-state index contributed by atoms with van der Waals surface area (Å²) in [6.45, 7) is 1.55. The Morgan fingerprint density at radius 1 is 1.04 bits per heavy atom. The van der Waals surface area contributed by atoms with Crippen LogP contribution in [0.4, 0.5) is 5.69 Å². The van der Waals surface area contributed by atoms with Gasteiger partial charge >= 0.3 is 0 Å². The summed E-state index contributed by atoms with van der Waals surface area (Å²) in [5, 5.41) is 4.15. The Balaban J connectivity index is 1.61. The number of anilines is 1. The first-order valence-corrected chi connectivity index (χ1v) is 9.19. The second-order valence-electron chi connectivity index (χ2n) is 6.58. The molecule has 3 aromatic rings. The Bertz CT molecular complexity index is 945. The van der Waals surface area contributed by atoms with Crippen molar-refractivity contribution >= 4 is 5.69 Å². The summed E-state index contributed by atoms with van der Waals surface area (Å²) in [5.41, 5.74) is 3.34. The highest BCUT2D eigenvalue weighted by atomic mass is 16.5. The topological polar surface area (TPSA) is 69.9 Å². The Kier molecular flexibility index (Phi) is 5.06. The van der Waals surface area contributed by atoms with E-state index in [1.165, 1.54) is 11.3 Å². The molecule has 1 aromatic heterocycles. The summed E-state index contributed by atoms with van der Waals surface area (Å²) in [6, 6.07) is 12.1. The Morgan fingerprint density at radius 2 is 1.79 bits per heavy atom. The van der Waals surface area contributed by atoms with Crippen molar-refractivity contribution in [1.29, 1.82) is 0 Å². The highest BCUT2D eigenvalue weighted by Crippen LogP contribution is 2.40. The van der Waals surface area contributed by atoms with Crippen LogP contribution in [-0.2, 0) is 13.0 Å². The van der Waals surface area contributed by atoms with Gasteiger partial charge in [-0.3, -0.25) is 0 Å². The molecule has 7 nitrogen and oxygen atoms in total. The Labute approximate surface area is 163 Å². The molecule has 0 amide bonds. The normalized spacial score (nSPS) is 13.2. The smallest absolute Gasteiger partial charge is 0.246 e. The van der Waals surface area contributed by atoms with Crippen molar-refractivity contribution in [3.05, 3.63) is 47.9 Å². The van der Waals surface area contributed by atoms with Crippen molar-refractivity contribution in [3.8, 4) is 28.6 Å². The average molecular weight is 381 g/mol. The second kappa shape index (κ2) is 7.80. The number of aromatic nitrogens is 2. The number of hydrogen-bond acceptors (Lipinski definition) is 7. The largest absolute Gasteiger partial charge is 0.493 e. The molecule has 0 atom stereocenters. The van der Waals surface area contributed by atoms with Gasteiger partial charge in [-0.15, -0.1) is 0 Å². The zero-order chi connectivity index (χ0) is 19.5. The minimum absolute atomic E-state index is 0.486. The molecular weight excluding hydrogens is 358 g/mol. The van der Waals surface area contributed by atoms with Crippen LogP contribution >= 0.6 is 0 Å². The molecule has 1 aliphatic heterocycles.